The minimum Gasteiger partial charge on any atom is -0.330 e. The Hall–Kier alpha value is -0.640. The summed E-state index contributed by atoms with van der Waals surface area (Å²) >= 11 is 0. The quantitative estimate of drug-likeness (QED) is 0.200. The predicted octanol–water partition coefficient (Wildman–Crippen LogP) is 5.66. The van der Waals surface area contributed by atoms with Crippen LogP contribution in [0.4, 0.5) is 0 Å². The number of unbranched alkanes of at least 4 members (excludes halogenated alkanes) is 2. The van der Waals surface area contributed by atoms with Gasteiger partial charge in [0.15, 0.2) is 0 Å². The normalized spacial score (nSPS) is 12.4. The molecule has 0 fully saturated rings. The first-order valence-corrected chi connectivity index (χ1v) is 11.6. The van der Waals surface area contributed by atoms with E-state index >= 15 is 0 Å². The van der Waals surface area contributed by atoms with Gasteiger partial charge in [0.1, 0.15) is 0 Å². The first kappa shape index (κ1) is 26.4. The summed E-state index contributed by atoms with van der Waals surface area (Å²) in [5.74, 6) is 0.886. The van der Waals surface area contributed by atoms with Gasteiger partial charge in [-0.3, -0.25) is 0 Å². The molecule has 0 saturated heterocycles. The third-order valence-electron chi connectivity index (χ3n) is 5.49. The van der Waals surface area contributed by atoms with Gasteiger partial charge < -0.3 is 16.4 Å². The molecule has 0 aliphatic carbocycles. The van der Waals surface area contributed by atoms with E-state index in [4.69, 9.17) is 11.5 Å². The van der Waals surface area contributed by atoms with E-state index in [0.29, 0.717) is 0 Å². The van der Waals surface area contributed by atoms with Crippen LogP contribution in [-0.2, 0) is 0 Å². The maximum absolute atomic E-state index is 5.72. The highest BCUT2D eigenvalue weighted by Crippen LogP contribution is 2.23. The van der Waals surface area contributed by atoms with Crippen LogP contribution in [0.5, 0.6) is 0 Å². The minimum absolute atomic E-state index is 0.783. The smallest absolute Gasteiger partial charge is 0.000672 e. The van der Waals surface area contributed by atoms with Crippen LogP contribution < -0.4 is 11.5 Å². The third kappa shape index (κ3) is 17.2. The van der Waals surface area contributed by atoms with Crippen molar-refractivity contribution >= 4 is 0 Å². The molecule has 0 heterocycles. The van der Waals surface area contributed by atoms with Crippen molar-refractivity contribution < 1.29 is 0 Å². The molecule has 3 nitrogen and oxygen atoms in total. The molecule has 0 aromatic heterocycles. The number of nitrogens with two attached hydrogens (primary N) is 2. The van der Waals surface area contributed by atoms with Crippen LogP contribution in [0.25, 0.3) is 0 Å². The molecular weight excluding hydrogens is 330 g/mol. The van der Waals surface area contributed by atoms with E-state index in [9.17, 15) is 0 Å². The van der Waals surface area contributed by atoms with Crippen molar-refractivity contribution in [3.05, 3.63) is 24.8 Å². The molecule has 160 valence electrons. The number of nitrogens with zero attached hydrogens (tertiary/aromatic N) is 1. The lowest BCUT2D eigenvalue weighted by atomic mass is 9.90. The highest BCUT2D eigenvalue weighted by Gasteiger charge is 2.11. The highest BCUT2D eigenvalue weighted by molar-refractivity contribution is 4.93. The topological polar surface area (TPSA) is 55.3 Å². The molecule has 0 rings (SSSR count). The average Bonchev–Trinajstić information content (AvgIpc) is 2.67. The van der Waals surface area contributed by atoms with E-state index in [1.807, 2.05) is 6.08 Å². The van der Waals surface area contributed by atoms with Crippen LogP contribution in [0.3, 0.4) is 0 Å². The molecule has 4 N–H and O–H groups in total. The van der Waals surface area contributed by atoms with Gasteiger partial charge in [-0.2, -0.15) is 0 Å². The van der Waals surface area contributed by atoms with Gasteiger partial charge in [0.25, 0.3) is 0 Å². The van der Waals surface area contributed by atoms with Crippen molar-refractivity contribution in [3.63, 3.8) is 0 Å². The second kappa shape index (κ2) is 20.1. The summed E-state index contributed by atoms with van der Waals surface area (Å²) in [4.78, 5) is 2.61. The fraction of sp³-hybridized carbons (Fsp3) is 0.833. The summed E-state index contributed by atoms with van der Waals surface area (Å²) in [7, 11) is 0. The molecule has 1 unspecified atom stereocenters. The van der Waals surface area contributed by atoms with E-state index in [1.54, 1.807) is 0 Å². The summed E-state index contributed by atoms with van der Waals surface area (Å²) in [6, 6.07) is 0. The van der Waals surface area contributed by atoms with Gasteiger partial charge in [-0.1, -0.05) is 50.8 Å². The number of rotatable bonds is 21. The average molecular weight is 380 g/mol. The lowest BCUT2D eigenvalue weighted by molar-refractivity contribution is 0.251. The molecule has 0 aromatic carbocycles. The van der Waals surface area contributed by atoms with Crippen LogP contribution in [0.2, 0.25) is 0 Å². The Bertz CT molecular complexity index is 341. The van der Waals surface area contributed by atoms with Gasteiger partial charge >= 0.3 is 0 Å². The maximum Gasteiger partial charge on any atom is -0.000672 e. The molecule has 0 saturated carbocycles. The van der Waals surface area contributed by atoms with Crippen LogP contribution in [0.15, 0.2) is 24.8 Å². The molecule has 27 heavy (non-hydrogen) atoms. The molecular formula is C24H49N3. The molecule has 0 bridgehead atoms. The standard InChI is InChI=1S/C24H49N3/c1-4-6-8-20-27(22-12-19-26)21-11-17-24(15-7-5-2)16-9-13-23(3)14-10-18-25/h4,24H,1,3,5-22,25-26H2,2H3. The first-order chi connectivity index (χ1) is 13.2. The Morgan fingerprint density at radius 1 is 0.852 bits per heavy atom. The van der Waals surface area contributed by atoms with Crippen LogP contribution in [-0.4, -0.2) is 37.6 Å². The molecule has 0 aliphatic rings. The molecule has 0 spiro atoms. The highest BCUT2D eigenvalue weighted by atomic mass is 15.1. The minimum atomic E-state index is 0.783. The Morgan fingerprint density at radius 2 is 1.44 bits per heavy atom. The predicted molar refractivity (Wildman–Crippen MR) is 123 cm³/mol. The number of hydrogen-bond acceptors (Lipinski definition) is 3. The second-order valence-corrected chi connectivity index (χ2v) is 8.10. The third-order valence-corrected chi connectivity index (χ3v) is 5.49. The molecule has 1 atom stereocenters. The fourth-order valence-electron chi connectivity index (χ4n) is 3.76. The van der Waals surface area contributed by atoms with E-state index in [-0.39, 0.29) is 0 Å². The van der Waals surface area contributed by atoms with E-state index in [0.717, 1.165) is 51.2 Å². The number of allylic oxidation sites excluding steroid dienone is 2. The molecule has 3 heteroatoms. The monoisotopic (exact) mass is 379 g/mol. The van der Waals surface area contributed by atoms with Crippen LogP contribution in [0.1, 0.15) is 90.4 Å². The molecule has 0 amide bonds. The van der Waals surface area contributed by atoms with Crippen molar-refractivity contribution in [1.82, 2.24) is 4.90 Å². The fourth-order valence-corrected chi connectivity index (χ4v) is 3.76. The Labute approximate surface area is 170 Å². The van der Waals surface area contributed by atoms with Crippen molar-refractivity contribution in [2.24, 2.45) is 17.4 Å². The summed E-state index contributed by atoms with van der Waals surface area (Å²) in [6.45, 7) is 15.5. The largest absolute Gasteiger partial charge is 0.330 e. The summed E-state index contributed by atoms with van der Waals surface area (Å²) < 4.78 is 0. The molecule has 0 aliphatic heterocycles. The molecule has 0 aromatic rings. The van der Waals surface area contributed by atoms with Gasteiger partial charge in [-0.15, -0.1) is 6.58 Å². The summed E-state index contributed by atoms with van der Waals surface area (Å²) in [5.41, 5.74) is 12.7. The zero-order valence-corrected chi connectivity index (χ0v) is 18.4. The summed E-state index contributed by atoms with van der Waals surface area (Å²) in [6.07, 6.45) is 18.3. The van der Waals surface area contributed by atoms with Gasteiger partial charge in [-0.25, -0.2) is 0 Å². The van der Waals surface area contributed by atoms with Gasteiger partial charge in [0, 0.05) is 0 Å². The Morgan fingerprint density at radius 3 is 2.11 bits per heavy atom. The van der Waals surface area contributed by atoms with Crippen molar-refractivity contribution in [3.8, 4) is 0 Å². The van der Waals surface area contributed by atoms with Gasteiger partial charge in [0.2, 0.25) is 0 Å². The van der Waals surface area contributed by atoms with Crippen molar-refractivity contribution in [2.45, 2.75) is 90.4 Å². The Balaban J connectivity index is 4.19. The van der Waals surface area contributed by atoms with Crippen LogP contribution >= 0.6 is 0 Å². The first-order valence-electron chi connectivity index (χ1n) is 11.6. The van der Waals surface area contributed by atoms with Gasteiger partial charge in [0.05, 0.1) is 0 Å². The van der Waals surface area contributed by atoms with Crippen molar-refractivity contribution in [1.29, 1.82) is 0 Å². The zero-order chi connectivity index (χ0) is 20.2. The SMILES string of the molecule is C=CCCCN(CCCN)CCCC(CCCC)CCCC(=C)CCCN. The van der Waals surface area contributed by atoms with Gasteiger partial charge in [-0.05, 0) is 96.4 Å². The molecule has 0 radical (unpaired) electrons. The van der Waals surface area contributed by atoms with E-state index in [2.05, 4.69) is 25.0 Å². The maximum atomic E-state index is 5.72. The van der Waals surface area contributed by atoms with E-state index in [1.165, 1.54) is 76.5 Å². The van der Waals surface area contributed by atoms with Crippen molar-refractivity contribution in [2.75, 3.05) is 32.7 Å². The van der Waals surface area contributed by atoms with Crippen LogP contribution in [0, 0.1) is 5.92 Å². The lowest BCUT2D eigenvalue weighted by Crippen LogP contribution is -2.29. The van der Waals surface area contributed by atoms with E-state index < -0.39 is 0 Å². The number of hydrogen-bond donors (Lipinski definition) is 2. The Kier molecular flexibility index (Phi) is 19.6. The second-order valence-electron chi connectivity index (χ2n) is 8.10. The summed E-state index contributed by atoms with van der Waals surface area (Å²) in [5, 5.41) is 0. The zero-order valence-electron chi connectivity index (χ0n) is 18.4. The lowest BCUT2D eigenvalue weighted by Gasteiger charge is -2.23.